The van der Waals surface area contributed by atoms with Crippen molar-refractivity contribution in [2.75, 3.05) is 9.80 Å². The number of benzene rings is 8. The molecule has 0 atom stereocenters. The van der Waals surface area contributed by atoms with Gasteiger partial charge >= 0.3 is 0 Å². The van der Waals surface area contributed by atoms with Gasteiger partial charge in [-0.15, -0.1) is 0 Å². The number of para-hydroxylation sites is 8. The Morgan fingerprint density at radius 1 is 0.426 bits per heavy atom. The van der Waals surface area contributed by atoms with Crippen molar-refractivity contribution in [3.8, 4) is 62.5 Å². The molecule has 0 radical (unpaired) electrons. The van der Waals surface area contributed by atoms with Gasteiger partial charge in [-0.05, 0) is 113 Å². The molecule has 0 N–H and O–H groups in total. The van der Waals surface area contributed by atoms with Crippen LogP contribution in [0.3, 0.4) is 0 Å². The Morgan fingerprint density at radius 2 is 0.885 bits per heavy atom. The molecular formula is C54H35BN2O4. The minimum Gasteiger partial charge on any atom is -0.458 e. The molecule has 4 heterocycles. The summed E-state index contributed by atoms with van der Waals surface area (Å²) in [6.07, 6.45) is 6.25. The molecule has 0 saturated heterocycles. The number of anilines is 5. The Hall–Kier alpha value is -7.90. The molecule has 0 saturated carbocycles. The molecule has 61 heavy (non-hydrogen) atoms. The molecule has 8 aromatic carbocycles. The largest absolute Gasteiger partial charge is 0.458 e. The smallest absolute Gasteiger partial charge is 0.260 e. The first-order chi connectivity index (χ1) is 30.2. The SMILES string of the molecule is C1=CC2=C(CC1)Oc1ccccc1N2c1ccc(-c2cc(-c3ccc(N4c5ccccc5Oc5ccccc54)cc3)c3c4c2Oc2ccccc2B4c2ccccc2O3)cc1. The Kier molecular flexibility index (Phi) is 7.42. The second-order valence-corrected chi connectivity index (χ2v) is 15.9. The van der Waals surface area contributed by atoms with Gasteiger partial charge in [0.1, 0.15) is 28.8 Å². The van der Waals surface area contributed by atoms with E-state index in [0.717, 1.165) is 132 Å². The molecule has 5 aliphatic rings. The Bertz CT molecular complexity index is 3120. The molecule has 288 valence electrons. The van der Waals surface area contributed by atoms with E-state index in [-0.39, 0.29) is 6.71 Å². The average molecular weight is 787 g/mol. The fraction of sp³-hybridized carbons (Fsp3) is 0.0370. The first-order valence-corrected chi connectivity index (χ1v) is 20.8. The summed E-state index contributed by atoms with van der Waals surface area (Å²) in [4.78, 5) is 4.58. The maximum absolute atomic E-state index is 7.00. The predicted octanol–water partition coefficient (Wildman–Crippen LogP) is 12.4. The van der Waals surface area contributed by atoms with E-state index in [1.807, 2.05) is 36.4 Å². The standard InChI is InChI=1S/C54H35BN2O4/c1-7-19-46-40(13-1)55-41-14-2-8-20-47(41)61-54-39(35-27-31-37(32-28-35)57-44-17-5-11-23-50(44)59-51-24-12-6-18-45(51)57)33-38(53(60-46)52(54)55)34-25-29-36(30-26-34)56-42-15-3-9-21-48(42)58-49-22-10-4-16-43(49)56/h1-11,13-23,25-33H,12,24H2. The molecule has 0 spiro atoms. The van der Waals surface area contributed by atoms with Crippen LogP contribution in [0, 0.1) is 0 Å². The number of hydrogen-bond acceptors (Lipinski definition) is 6. The molecule has 0 fully saturated rings. The van der Waals surface area contributed by atoms with Gasteiger partial charge in [0, 0.05) is 34.4 Å². The zero-order chi connectivity index (χ0) is 40.0. The number of fused-ring (bicyclic) bond motifs is 7. The lowest BCUT2D eigenvalue weighted by atomic mass is 9.34. The third-order valence-corrected chi connectivity index (χ3v) is 12.4. The zero-order valence-corrected chi connectivity index (χ0v) is 32.9. The van der Waals surface area contributed by atoms with Gasteiger partial charge in [-0.2, -0.15) is 0 Å². The van der Waals surface area contributed by atoms with Crippen LogP contribution >= 0.6 is 0 Å². The normalized spacial score (nSPS) is 14.7. The first kappa shape index (κ1) is 34.0. The summed E-state index contributed by atoms with van der Waals surface area (Å²) in [6, 6.07) is 61.4. The summed E-state index contributed by atoms with van der Waals surface area (Å²) in [5, 5.41) is 0. The van der Waals surface area contributed by atoms with Crippen molar-refractivity contribution < 1.29 is 18.9 Å². The third kappa shape index (κ3) is 5.23. The van der Waals surface area contributed by atoms with Crippen LogP contribution in [0.1, 0.15) is 12.8 Å². The number of hydrogen-bond donors (Lipinski definition) is 0. The van der Waals surface area contributed by atoms with Gasteiger partial charge in [0.05, 0.1) is 22.8 Å². The van der Waals surface area contributed by atoms with Crippen molar-refractivity contribution >= 4 is 51.5 Å². The Labute approximate surface area is 353 Å². The monoisotopic (exact) mass is 786 g/mol. The van der Waals surface area contributed by atoms with Gasteiger partial charge in [0.25, 0.3) is 6.71 Å². The second-order valence-electron chi connectivity index (χ2n) is 15.9. The molecule has 6 nitrogen and oxygen atoms in total. The summed E-state index contributed by atoms with van der Waals surface area (Å²) in [5.41, 5.74) is 13.6. The van der Waals surface area contributed by atoms with Crippen LogP contribution in [-0.2, 0) is 0 Å². The molecule has 0 amide bonds. The van der Waals surface area contributed by atoms with Crippen LogP contribution in [0.25, 0.3) is 22.3 Å². The lowest BCUT2D eigenvalue weighted by molar-refractivity contribution is 0.388. The zero-order valence-electron chi connectivity index (χ0n) is 32.9. The van der Waals surface area contributed by atoms with Gasteiger partial charge in [-0.3, -0.25) is 0 Å². The fourth-order valence-corrected chi connectivity index (χ4v) is 9.67. The van der Waals surface area contributed by atoms with Crippen LogP contribution in [-0.4, -0.2) is 6.71 Å². The summed E-state index contributed by atoms with van der Waals surface area (Å²) in [5.74, 6) is 6.87. The summed E-state index contributed by atoms with van der Waals surface area (Å²) in [6.45, 7) is -0.0770. The van der Waals surface area contributed by atoms with E-state index < -0.39 is 0 Å². The quantitative estimate of drug-likeness (QED) is 0.166. The number of rotatable bonds is 4. The average Bonchev–Trinajstić information content (AvgIpc) is 3.32. The van der Waals surface area contributed by atoms with E-state index in [2.05, 4.69) is 161 Å². The predicted molar refractivity (Wildman–Crippen MR) is 244 cm³/mol. The van der Waals surface area contributed by atoms with E-state index in [1.165, 1.54) is 0 Å². The van der Waals surface area contributed by atoms with Gasteiger partial charge in [0.15, 0.2) is 17.2 Å². The number of allylic oxidation sites excluding steroid dienone is 3. The second kappa shape index (κ2) is 13.3. The number of ether oxygens (including phenoxy) is 4. The van der Waals surface area contributed by atoms with Crippen molar-refractivity contribution in [2.45, 2.75) is 12.8 Å². The van der Waals surface area contributed by atoms with Gasteiger partial charge in [-0.25, -0.2) is 0 Å². The Balaban J connectivity index is 0.980. The Morgan fingerprint density at radius 3 is 1.44 bits per heavy atom. The molecule has 13 rings (SSSR count). The highest BCUT2D eigenvalue weighted by molar-refractivity contribution is 6.98. The lowest BCUT2D eigenvalue weighted by Crippen LogP contribution is -2.57. The minimum absolute atomic E-state index is 0.0770. The van der Waals surface area contributed by atoms with Gasteiger partial charge in [0.2, 0.25) is 0 Å². The van der Waals surface area contributed by atoms with Gasteiger partial charge < -0.3 is 28.7 Å². The summed E-state index contributed by atoms with van der Waals surface area (Å²) < 4.78 is 26.7. The summed E-state index contributed by atoms with van der Waals surface area (Å²) in [7, 11) is 0. The summed E-state index contributed by atoms with van der Waals surface area (Å²) >= 11 is 0. The van der Waals surface area contributed by atoms with Crippen molar-refractivity contribution in [1.29, 1.82) is 0 Å². The van der Waals surface area contributed by atoms with Gasteiger partial charge in [-0.1, -0.05) is 103 Å². The molecule has 7 heteroatoms. The van der Waals surface area contributed by atoms with Crippen molar-refractivity contribution in [1.82, 2.24) is 0 Å². The molecule has 0 unspecified atom stereocenters. The molecule has 0 aromatic heterocycles. The van der Waals surface area contributed by atoms with Crippen LogP contribution < -0.4 is 45.1 Å². The molecule has 0 bridgehead atoms. The molecule has 1 aliphatic carbocycles. The van der Waals surface area contributed by atoms with Crippen LogP contribution in [0.4, 0.5) is 28.4 Å². The number of nitrogens with zero attached hydrogens (tertiary/aromatic N) is 2. The maximum Gasteiger partial charge on any atom is 0.260 e. The van der Waals surface area contributed by atoms with E-state index >= 15 is 0 Å². The lowest BCUT2D eigenvalue weighted by Gasteiger charge is -2.36. The van der Waals surface area contributed by atoms with E-state index in [1.54, 1.807) is 0 Å². The van der Waals surface area contributed by atoms with E-state index in [0.29, 0.717) is 0 Å². The van der Waals surface area contributed by atoms with Crippen molar-refractivity contribution in [3.05, 3.63) is 200 Å². The topological polar surface area (TPSA) is 43.4 Å². The highest BCUT2D eigenvalue weighted by Crippen LogP contribution is 2.52. The van der Waals surface area contributed by atoms with E-state index in [4.69, 9.17) is 18.9 Å². The van der Waals surface area contributed by atoms with Crippen LogP contribution in [0.2, 0.25) is 0 Å². The van der Waals surface area contributed by atoms with Crippen molar-refractivity contribution in [2.24, 2.45) is 0 Å². The van der Waals surface area contributed by atoms with Crippen molar-refractivity contribution in [3.63, 3.8) is 0 Å². The van der Waals surface area contributed by atoms with E-state index in [9.17, 15) is 0 Å². The minimum atomic E-state index is -0.0770. The van der Waals surface area contributed by atoms with Crippen LogP contribution in [0.15, 0.2) is 200 Å². The molecule has 8 aromatic rings. The third-order valence-electron chi connectivity index (χ3n) is 12.4. The first-order valence-electron chi connectivity index (χ1n) is 20.8. The highest BCUT2D eigenvalue weighted by atomic mass is 16.5. The van der Waals surface area contributed by atoms with Crippen LogP contribution in [0.5, 0.6) is 40.2 Å². The highest BCUT2D eigenvalue weighted by Gasteiger charge is 2.42. The fourth-order valence-electron chi connectivity index (χ4n) is 9.67. The molecular weight excluding hydrogens is 751 g/mol. The molecule has 4 aliphatic heterocycles. The maximum atomic E-state index is 7.00.